The van der Waals surface area contributed by atoms with Crippen molar-refractivity contribution in [3.05, 3.63) is 94.8 Å². The molecule has 0 aliphatic carbocycles. The predicted molar refractivity (Wildman–Crippen MR) is 136 cm³/mol. The molecule has 3 aromatic carbocycles. The average molecular weight is 556 g/mol. The van der Waals surface area contributed by atoms with Crippen LogP contribution in [0.2, 0.25) is 0 Å². The number of carbonyl (C=O) groups is 2. The molecule has 196 valence electrons. The quantitative estimate of drug-likeness (QED) is 0.440. The van der Waals surface area contributed by atoms with Crippen molar-refractivity contribution >= 4 is 42.9 Å². The van der Waals surface area contributed by atoms with Crippen molar-refractivity contribution < 1.29 is 35.6 Å². The smallest absolute Gasteiger partial charge is 0.340 e. The number of amides is 1. The van der Waals surface area contributed by atoms with Gasteiger partial charge in [0.2, 0.25) is 0 Å². The molecule has 0 N–H and O–H groups in total. The molecule has 0 atom stereocenters. The number of cyclic esters (lactones) is 1. The molecular formula is C27H22FNO7S2. The van der Waals surface area contributed by atoms with Gasteiger partial charge in [-0.25, -0.2) is 30.3 Å². The number of hydrogen-bond acceptors (Lipinski definition) is 7. The average Bonchev–Trinajstić information content (AvgIpc) is 3.19. The lowest BCUT2D eigenvalue weighted by molar-refractivity contribution is -0.141. The first kappa shape index (κ1) is 25.8. The van der Waals surface area contributed by atoms with E-state index in [0.717, 1.165) is 6.26 Å². The molecule has 38 heavy (non-hydrogen) atoms. The normalized spacial score (nSPS) is 18.1. The third kappa shape index (κ3) is 4.11. The first-order valence-electron chi connectivity index (χ1n) is 11.5. The van der Waals surface area contributed by atoms with Gasteiger partial charge in [-0.3, -0.25) is 4.79 Å². The van der Waals surface area contributed by atoms with Crippen molar-refractivity contribution in [2.75, 3.05) is 6.26 Å². The van der Waals surface area contributed by atoms with Crippen molar-refractivity contribution in [3.63, 3.8) is 0 Å². The molecule has 0 unspecified atom stereocenters. The number of esters is 1. The molecule has 11 heteroatoms. The fourth-order valence-electron chi connectivity index (χ4n) is 4.87. The summed E-state index contributed by atoms with van der Waals surface area (Å²) >= 11 is 0. The molecule has 1 amide bonds. The molecule has 8 nitrogen and oxygen atoms in total. The molecule has 0 bridgehead atoms. The minimum atomic E-state index is -4.21. The Morgan fingerprint density at radius 3 is 2.21 bits per heavy atom. The largest absolute Gasteiger partial charge is 0.451 e. The maximum absolute atomic E-state index is 13.6. The van der Waals surface area contributed by atoms with Crippen LogP contribution in [0.5, 0.6) is 0 Å². The Hall–Kier alpha value is -3.83. The summed E-state index contributed by atoms with van der Waals surface area (Å²) in [5.74, 6) is -1.90. The van der Waals surface area contributed by atoms with E-state index in [0.29, 0.717) is 21.0 Å². The lowest BCUT2D eigenvalue weighted by atomic mass is 9.86. The summed E-state index contributed by atoms with van der Waals surface area (Å²) in [6.45, 7) is 2.78. The predicted octanol–water partition coefficient (Wildman–Crippen LogP) is 3.82. The number of nitrogens with zero attached hydrogens (tertiary/aromatic N) is 1. The number of rotatable bonds is 5. The molecule has 0 saturated carbocycles. The summed E-state index contributed by atoms with van der Waals surface area (Å²) in [5, 5.41) is 0. The molecule has 0 aromatic heterocycles. The Labute approximate surface area is 219 Å². The van der Waals surface area contributed by atoms with Gasteiger partial charge in [0.1, 0.15) is 16.3 Å². The second-order valence-electron chi connectivity index (χ2n) is 9.56. The number of ether oxygens (including phenoxy) is 1. The van der Waals surface area contributed by atoms with Crippen molar-refractivity contribution in [3.8, 4) is 0 Å². The van der Waals surface area contributed by atoms with Crippen LogP contribution in [-0.4, -0.2) is 44.9 Å². The highest BCUT2D eigenvalue weighted by molar-refractivity contribution is 7.91. The van der Waals surface area contributed by atoms with Gasteiger partial charge < -0.3 is 4.74 Å². The topological polar surface area (TPSA) is 115 Å². The highest BCUT2D eigenvalue weighted by atomic mass is 32.2. The van der Waals surface area contributed by atoms with Crippen LogP contribution in [0.1, 0.15) is 40.9 Å². The minimum absolute atomic E-state index is 0.00166. The van der Waals surface area contributed by atoms with Gasteiger partial charge in [0.05, 0.1) is 22.6 Å². The molecule has 0 radical (unpaired) electrons. The number of benzene rings is 3. The standard InChI is InChI=1S/C27H22FNO7S2/c1-27(2)24(23(26(31)36-27)16-8-11-19(28)12-9-16)17-10-13-21(37(3,32)33)18(14-17)15-29-25(30)20-6-4-5-7-22(20)38(29,34)35/h4-14H,15H2,1-3H3. The number of fused-ring (bicyclic) bond motifs is 1. The number of sulfonamides is 1. The van der Waals surface area contributed by atoms with E-state index in [9.17, 15) is 30.8 Å². The summed E-state index contributed by atoms with van der Waals surface area (Å²) in [5.41, 5.74) is 0.288. The van der Waals surface area contributed by atoms with Gasteiger partial charge in [0.15, 0.2) is 9.84 Å². The van der Waals surface area contributed by atoms with E-state index in [1.54, 1.807) is 19.9 Å². The van der Waals surface area contributed by atoms with E-state index in [1.165, 1.54) is 60.7 Å². The van der Waals surface area contributed by atoms with E-state index in [4.69, 9.17) is 4.74 Å². The minimum Gasteiger partial charge on any atom is -0.451 e. The zero-order chi connectivity index (χ0) is 27.6. The van der Waals surface area contributed by atoms with Crippen LogP contribution in [0, 0.1) is 5.82 Å². The van der Waals surface area contributed by atoms with Crippen LogP contribution in [0.3, 0.4) is 0 Å². The zero-order valence-corrected chi connectivity index (χ0v) is 22.2. The molecule has 0 saturated heterocycles. The van der Waals surface area contributed by atoms with Crippen molar-refractivity contribution in [1.29, 1.82) is 0 Å². The second kappa shape index (κ2) is 8.60. The van der Waals surface area contributed by atoms with Gasteiger partial charge in [0, 0.05) is 11.8 Å². The van der Waals surface area contributed by atoms with E-state index in [1.807, 2.05) is 0 Å². The number of carbonyl (C=O) groups excluding carboxylic acids is 2. The summed E-state index contributed by atoms with van der Waals surface area (Å²) in [6, 6.07) is 15.3. The van der Waals surface area contributed by atoms with Crippen molar-refractivity contribution in [2.45, 2.75) is 35.8 Å². The van der Waals surface area contributed by atoms with E-state index >= 15 is 0 Å². The molecule has 2 heterocycles. The van der Waals surface area contributed by atoms with Gasteiger partial charge >= 0.3 is 5.97 Å². The number of halogens is 1. The van der Waals surface area contributed by atoms with E-state index in [2.05, 4.69) is 0 Å². The van der Waals surface area contributed by atoms with Crippen LogP contribution in [0.15, 0.2) is 76.5 Å². The Balaban J connectivity index is 1.69. The summed E-state index contributed by atoms with van der Waals surface area (Å²) in [6.07, 6.45) is 0.982. The SMILES string of the molecule is CC1(C)OC(=O)C(c2ccc(F)cc2)=C1c1ccc(S(C)(=O)=O)c(CN2C(=O)c3ccccc3S2(=O)=O)c1. The zero-order valence-electron chi connectivity index (χ0n) is 20.6. The first-order chi connectivity index (χ1) is 17.7. The number of hydrogen-bond donors (Lipinski definition) is 0. The van der Waals surface area contributed by atoms with Crippen LogP contribution >= 0.6 is 0 Å². The van der Waals surface area contributed by atoms with E-state index < -0.39 is 49.7 Å². The first-order valence-corrected chi connectivity index (χ1v) is 14.8. The highest BCUT2D eigenvalue weighted by Gasteiger charge is 2.43. The van der Waals surface area contributed by atoms with Gasteiger partial charge in [-0.15, -0.1) is 0 Å². The number of sulfone groups is 1. The van der Waals surface area contributed by atoms with Crippen LogP contribution in [-0.2, 0) is 35.9 Å². The summed E-state index contributed by atoms with van der Waals surface area (Å²) in [7, 11) is -8.05. The van der Waals surface area contributed by atoms with Gasteiger partial charge in [0.25, 0.3) is 15.9 Å². The van der Waals surface area contributed by atoms with Crippen molar-refractivity contribution in [2.24, 2.45) is 0 Å². The highest BCUT2D eigenvalue weighted by Crippen LogP contribution is 2.44. The maximum atomic E-state index is 13.6. The monoisotopic (exact) mass is 555 g/mol. The molecule has 0 spiro atoms. The third-order valence-corrected chi connectivity index (χ3v) is 9.50. The summed E-state index contributed by atoms with van der Waals surface area (Å²) < 4.78 is 71.4. The fraction of sp³-hybridized carbons (Fsp3) is 0.185. The Kier molecular flexibility index (Phi) is 5.84. The summed E-state index contributed by atoms with van der Waals surface area (Å²) in [4.78, 5) is 25.6. The molecule has 0 fully saturated rings. The Morgan fingerprint density at radius 1 is 0.947 bits per heavy atom. The van der Waals surface area contributed by atoms with Crippen molar-refractivity contribution in [1.82, 2.24) is 4.31 Å². The Morgan fingerprint density at radius 2 is 1.58 bits per heavy atom. The molecule has 2 aliphatic heterocycles. The van der Waals surface area contributed by atoms with Gasteiger partial charge in [-0.2, -0.15) is 0 Å². The molecule has 3 aromatic rings. The lowest BCUT2D eigenvalue weighted by Gasteiger charge is -2.23. The lowest BCUT2D eigenvalue weighted by Crippen LogP contribution is -2.30. The maximum Gasteiger partial charge on any atom is 0.340 e. The fourth-order valence-corrected chi connectivity index (χ4v) is 7.33. The van der Waals surface area contributed by atoms with Crippen LogP contribution in [0.25, 0.3) is 11.1 Å². The third-order valence-electron chi connectivity index (χ3n) is 6.51. The van der Waals surface area contributed by atoms with Crippen LogP contribution < -0.4 is 0 Å². The van der Waals surface area contributed by atoms with Gasteiger partial charge in [-0.05, 0) is 66.9 Å². The van der Waals surface area contributed by atoms with Gasteiger partial charge in [-0.1, -0.05) is 30.3 Å². The Bertz CT molecular complexity index is 1770. The molecule has 2 aliphatic rings. The van der Waals surface area contributed by atoms with Crippen LogP contribution in [0.4, 0.5) is 4.39 Å². The molecule has 5 rings (SSSR count). The van der Waals surface area contributed by atoms with E-state index in [-0.39, 0.29) is 26.5 Å². The second-order valence-corrected chi connectivity index (χ2v) is 13.4. The molecular weight excluding hydrogens is 533 g/mol.